The highest BCUT2D eigenvalue weighted by atomic mass is 79.9. The van der Waals surface area contributed by atoms with Gasteiger partial charge in [0.1, 0.15) is 0 Å². The number of imide groups is 2. The standard InChI is InChI=1S/C40H60N4O4.2BrH/c1-29(2)25-31(27-42-39(47)35-19-13-14-20-36(35)40(42)48)28-43(5,6)23-15-9-10-16-24-44(7,8)32(26-30(3)4)21-22-41-37(45)33-17-11-12-18-34(33)38(41)46;;/h11-14,17-20,29-32H,9-10,15-16,21-28H2,1-8H3;2*1H/q+2;;/p-2. The second kappa shape index (κ2) is 18.9. The Hall–Kier alpha value is -2.40. The van der Waals surface area contributed by atoms with E-state index < -0.39 is 0 Å². The van der Waals surface area contributed by atoms with Crippen LogP contribution < -0.4 is 34.0 Å². The highest BCUT2D eigenvalue weighted by Gasteiger charge is 2.39. The Bertz CT molecular complexity index is 1400. The van der Waals surface area contributed by atoms with Crippen LogP contribution in [0.2, 0.25) is 0 Å². The van der Waals surface area contributed by atoms with Gasteiger partial charge in [0.25, 0.3) is 23.6 Å². The third-order valence-corrected chi connectivity index (χ3v) is 10.4. The quantitative estimate of drug-likeness (QED) is 0.119. The summed E-state index contributed by atoms with van der Waals surface area (Å²) in [6.45, 7) is 12.9. The van der Waals surface area contributed by atoms with Gasteiger partial charge in [-0.2, -0.15) is 0 Å². The summed E-state index contributed by atoms with van der Waals surface area (Å²) < 4.78 is 1.76. The Balaban J connectivity index is 0.00000433. The maximum atomic E-state index is 13.1. The van der Waals surface area contributed by atoms with Crippen LogP contribution in [0, 0.1) is 17.8 Å². The van der Waals surface area contributed by atoms with Crippen molar-refractivity contribution in [3.63, 3.8) is 0 Å². The molecule has 50 heavy (non-hydrogen) atoms. The van der Waals surface area contributed by atoms with Crippen LogP contribution in [0.25, 0.3) is 0 Å². The van der Waals surface area contributed by atoms with E-state index in [4.69, 9.17) is 0 Å². The van der Waals surface area contributed by atoms with E-state index in [1.54, 1.807) is 24.3 Å². The summed E-state index contributed by atoms with van der Waals surface area (Å²) in [7, 11) is 9.17. The molecule has 0 fully saturated rings. The van der Waals surface area contributed by atoms with Gasteiger partial charge in [0, 0.05) is 31.8 Å². The summed E-state index contributed by atoms with van der Waals surface area (Å²) in [6.07, 6.45) is 7.44. The minimum Gasteiger partial charge on any atom is -1.00 e. The van der Waals surface area contributed by atoms with Crippen LogP contribution in [0.3, 0.4) is 0 Å². The van der Waals surface area contributed by atoms with E-state index in [2.05, 4.69) is 55.9 Å². The largest absolute Gasteiger partial charge is 1.00 e. The molecule has 0 N–H and O–H groups in total. The van der Waals surface area contributed by atoms with E-state index in [0.717, 1.165) is 60.7 Å². The van der Waals surface area contributed by atoms with Gasteiger partial charge >= 0.3 is 0 Å². The average Bonchev–Trinajstić information content (AvgIpc) is 3.40. The van der Waals surface area contributed by atoms with E-state index >= 15 is 0 Å². The summed E-state index contributed by atoms with van der Waals surface area (Å²) in [4.78, 5) is 55.0. The third-order valence-electron chi connectivity index (χ3n) is 10.4. The topological polar surface area (TPSA) is 74.8 Å². The molecule has 2 aliphatic heterocycles. The predicted molar refractivity (Wildman–Crippen MR) is 192 cm³/mol. The summed E-state index contributed by atoms with van der Waals surface area (Å²) in [5.41, 5.74) is 2.10. The smallest absolute Gasteiger partial charge is 0.261 e. The van der Waals surface area contributed by atoms with E-state index in [1.807, 2.05) is 24.3 Å². The molecule has 2 aromatic carbocycles. The number of halogens is 2. The number of rotatable bonds is 19. The number of carbonyl (C=O) groups excluding carboxylic acids is 4. The molecule has 8 nitrogen and oxygen atoms in total. The molecule has 0 radical (unpaired) electrons. The van der Waals surface area contributed by atoms with Gasteiger partial charge in [-0.3, -0.25) is 29.0 Å². The molecule has 0 aliphatic carbocycles. The Labute approximate surface area is 322 Å². The van der Waals surface area contributed by atoms with Gasteiger partial charge in [-0.15, -0.1) is 0 Å². The third kappa shape index (κ3) is 11.1. The summed E-state index contributed by atoms with van der Waals surface area (Å²) >= 11 is 0. The van der Waals surface area contributed by atoms with Crippen molar-refractivity contribution in [3.8, 4) is 0 Å². The Morgan fingerprint density at radius 3 is 1.44 bits per heavy atom. The molecule has 278 valence electrons. The first-order valence-electron chi connectivity index (χ1n) is 18.2. The second-order valence-electron chi connectivity index (χ2n) is 16.4. The van der Waals surface area contributed by atoms with E-state index in [-0.39, 0.29) is 63.5 Å². The van der Waals surface area contributed by atoms with Crippen LogP contribution >= 0.6 is 0 Å². The van der Waals surface area contributed by atoms with Crippen molar-refractivity contribution in [3.05, 3.63) is 70.8 Å². The number of amides is 4. The molecule has 0 spiro atoms. The molecule has 4 rings (SSSR count). The zero-order chi connectivity index (χ0) is 35.2. The number of hydrogen-bond acceptors (Lipinski definition) is 4. The number of hydrogen-bond donors (Lipinski definition) is 0. The first kappa shape index (κ1) is 43.8. The Morgan fingerprint density at radius 1 is 0.580 bits per heavy atom. The lowest BCUT2D eigenvalue weighted by Crippen LogP contribution is -3.00. The average molecular weight is 821 g/mol. The lowest BCUT2D eigenvalue weighted by Gasteiger charge is -2.40. The first-order valence-corrected chi connectivity index (χ1v) is 18.2. The minimum atomic E-state index is -0.162. The lowest BCUT2D eigenvalue weighted by molar-refractivity contribution is -0.916. The van der Waals surface area contributed by atoms with Crippen molar-refractivity contribution >= 4 is 23.6 Å². The van der Waals surface area contributed by atoms with Crippen LogP contribution in [0.15, 0.2) is 48.5 Å². The zero-order valence-electron chi connectivity index (χ0n) is 31.6. The fraction of sp³-hybridized carbons (Fsp3) is 0.600. The molecular formula is C40H60Br2N4O4. The SMILES string of the molecule is CC(C)CC(CN1C(=O)c2ccccc2C1=O)C[N+](C)(C)CCCCCC[N+](C)(C)C(CCN1C(=O)c2ccccc2C1=O)CC(C)C.[Br-].[Br-]. The molecule has 2 aliphatic rings. The number of benzene rings is 2. The molecule has 4 amide bonds. The molecule has 10 heteroatoms. The minimum absolute atomic E-state index is 0. The number of fused-ring (bicyclic) bond motifs is 2. The van der Waals surface area contributed by atoms with Crippen LogP contribution in [-0.4, -0.2) is 109 Å². The van der Waals surface area contributed by atoms with Gasteiger partial charge in [0.05, 0.1) is 76.1 Å². The number of unbranched alkanes of at least 4 members (excludes halogenated alkanes) is 3. The number of nitrogens with zero attached hydrogens (tertiary/aromatic N) is 4. The highest BCUT2D eigenvalue weighted by molar-refractivity contribution is 6.22. The molecule has 0 saturated carbocycles. The predicted octanol–water partition coefficient (Wildman–Crippen LogP) is 0.767. The van der Waals surface area contributed by atoms with Crippen molar-refractivity contribution in [1.29, 1.82) is 0 Å². The molecule has 0 bridgehead atoms. The molecule has 2 unspecified atom stereocenters. The maximum absolute atomic E-state index is 13.1. The van der Waals surface area contributed by atoms with Crippen LogP contribution in [-0.2, 0) is 0 Å². The molecule has 0 saturated heterocycles. The van der Waals surface area contributed by atoms with Gasteiger partial charge in [-0.1, -0.05) is 52.0 Å². The van der Waals surface area contributed by atoms with Crippen LogP contribution in [0.1, 0.15) is 114 Å². The van der Waals surface area contributed by atoms with E-state index in [0.29, 0.717) is 53.2 Å². The first-order chi connectivity index (χ1) is 22.6. The number of quaternary nitrogens is 2. The lowest BCUT2D eigenvalue weighted by atomic mass is 9.95. The van der Waals surface area contributed by atoms with Crippen molar-refractivity contribution in [2.45, 2.75) is 78.7 Å². The molecule has 2 atom stereocenters. The molecular weight excluding hydrogens is 760 g/mol. The Kier molecular flexibility index (Phi) is 16.5. The molecule has 0 aromatic heterocycles. The summed E-state index contributed by atoms with van der Waals surface area (Å²) in [5, 5.41) is 0. The second-order valence-corrected chi connectivity index (χ2v) is 16.4. The maximum Gasteiger partial charge on any atom is 0.261 e. The number of carbonyl (C=O) groups is 4. The summed E-state index contributed by atoms with van der Waals surface area (Å²) in [5.74, 6) is 0.628. The normalized spacial score (nSPS) is 15.7. The van der Waals surface area contributed by atoms with Crippen molar-refractivity contribution in [2.75, 3.05) is 60.9 Å². The van der Waals surface area contributed by atoms with E-state index in [9.17, 15) is 19.2 Å². The summed E-state index contributed by atoms with van der Waals surface area (Å²) in [6, 6.07) is 14.7. The van der Waals surface area contributed by atoms with Crippen LogP contribution in [0.4, 0.5) is 0 Å². The van der Waals surface area contributed by atoms with Crippen molar-refractivity contribution in [1.82, 2.24) is 9.80 Å². The fourth-order valence-corrected chi connectivity index (χ4v) is 7.94. The Morgan fingerprint density at radius 2 is 1.00 bits per heavy atom. The zero-order valence-corrected chi connectivity index (χ0v) is 34.8. The highest BCUT2D eigenvalue weighted by Crippen LogP contribution is 2.28. The van der Waals surface area contributed by atoms with Crippen LogP contribution in [0.5, 0.6) is 0 Å². The van der Waals surface area contributed by atoms with Gasteiger partial charge in [0.15, 0.2) is 0 Å². The van der Waals surface area contributed by atoms with E-state index in [1.165, 1.54) is 22.6 Å². The van der Waals surface area contributed by atoms with Gasteiger partial charge in [-0.25, -0.2) is 0 Å². The van der Waals surface area contributed by atoms with Crippen molar-refractivity contribution < 1.29 is 62.1 Å². The molecule has 2 aromatic rings. The van der Waals surface area contributed by atoms with Crippen molar-refractivity contribution in [2.24, 2.45) is 17.8 Å². The molecule has 2 heterocycles. The monoisotopic (exact) mass is 818 g/mol. The van der Waals surface area contributed by atoms with Gasteiger partial charge in [0.2, 0.25) is 0 Å². The fourth-order valence-electron chi connectivity index (χ4n) is 7.94. The van der Waals surface area contributed by atoms with Gasteiger partial charge in [-0.05, 0) is 68.2 Å². The van der Waals surface area contributed by atoms with Gasteiger partial charge < -0.3 is 42.9 Å².